The standard InChI is InChI=1S/C20H22N2O.ClH/c23-20(22-17-7-2-1-3-8-17)16-6-4-5-15(11-16)18-12-19(18)21-13-14-9-10-14;/h1-8,11,14,18-19,21H,9-10,12-13H2,(H,22,23);1H/t18-,19+;/m0./s1. The number of benzene rings is 2. The van der Waals surface area contributed by atoms with Crippen LogP contribution in [-0.2, 0) is 0 Å². The summed E-state index contributed by atoms with van der Waals surface area (Å²) >= 11 is 0. The number of para-hydroxylation sites is 1. The lowest BCUT2D eigenvalue weighted by Gasteiger charge is -2.07. The summed E-state index contributed by atoms with van der Waals surface area (Å²) in [7, 11) is 0. The van der Waals surface area contributed by atoms with Gasteiger partial charge in [-0.2, -0.15) is 0 Å². The van der Waals surface area contributed by atoms with Crippen molar-refractivity contribution in [3.63, 3.8) is 0 Å². The molecule has 2 aliphatic rings. The second-order valence-electron chi connectivity index (χ2n) is 6.75. The van der Waals surface area contributed by atoms with Crippen LogP contribution >= 0.6 is 12.4 Å². The molecule has 0 bridgehead atoms. The Morgan fingerprint density at radius 1 is 1.04 bits per heavy atom. The quantitative estimate of drug-likeness (QED) is 0.825. The molecule has 1 amide bonds. The molecule has 4 rings (SSSR count). The molecule has 0 unspecified atom stereocenters. The van der Waals surface area contributed by atoms with Crippen molar-refractivity contribution in [3.8, 4) is 0 Å². The van der Waals surface area contributed by atoms with E-state index in [-0.39, 0.29) is 18.3 Å². The average Bonchev–Trinajstić information content (AvgIpc) is 3.48. The van der Waals surface area contributed by atoms with E-state index >= 15 is 0 Å². The molecular formula is C20H23ClN2O. The van der Waals surface area contributed by atoms with Crippen molar-refractivity contribution in [1.82, 2.24) is 5.32 Å². The predicted octanol–water partition coefficient (Wildman–Crippen LogP) is 4.22. The first-order valence-electron chi connectivity index (χ1n) is 8.49. The number of nitrogens with one attached hydrogen (secondary N) is 2. The molecule has 0 aliphatic heterocycles. The van der Waals surface area contributed by atoms with Gasteiger partial charge in [-0.25, -0.2) is 0 Å². The summed E-state index contributed by atoms with van der Waals surface area (Å²) in [5.74, 6) is 1.44. The summed E-state index contributed by atoms with van der Waals surface area (Å²) in [6.07, 6.45) is 3.97. The lowest BCUT2D eigenvalue weighted by molar-refractivity contribution is 0.102. The first kappa shape index (κ1) is 17.0. The second kappa shape index (κ2) is 7.37. The number of amides is 1. The van der Waals surface area contributed by atoms with Crippen LogP contribution in [0, 0.1) is 5.92 Å². The van der Waals surface area contributed by atoms with E-state index in [1.54, 1.807) is 0 Å². The van der Waals surface area contributed by atoms with Crippen LogP contribution in [0.2, 0.25) is 0 Å². The summed E-state index contributed by atoms with van der Waals surface area (Å²) in [6, 6.07) is 18.3. The molecular weight excluding hydrogens is 320 g/mol. The third-order valence-corrected chi connectivity index (χ3v) is 4.76. The molecule has 2 N–H and O–H groups in total. The van der Waals surface area contributed by atoms with Gasteiger partial charge in [0.2, 0.25) is 0 Å². The normalized spacial score (nSPS) is 21.7. The largest absolute Gasteiger partial charge is 0.322 e. The van der Waals surface area contributed by atoms with Crippen molar-refractivity contribution in [2.24, 2.45) is 5.92 Å². The Morgan fingerprint density at radius 3 is 2.58 bits per heavy atom. The van der Waals surface area contributed by atoms with Crippen LogP contribution < -0.4 is 10.6 Å². The zero-order chi connectivity index (χ0) is 15.6. The molecule has 126 valence electrons. The van der Waals surface area contributed by atoms with Crippen LogP contribution in [0.25, 0.3) is 0 Å². The topological polar surface area (TPSA) is 41.1 Å². The molecule has 2 saturated carbocycles. The minimum absolute atomic E-state index is 0. The van der Waals surface area contributed by atoms with Gasteiger partial charge in [-0.05, 0) is 61.6 Å². The van der Waals surface area contributed by atoms with Crippen molar-refractivity contribution >= 4 is 24.0 Å². The molecule has 0 radical (unpaired) electrons. The zero-order valence-corrected chi connectivity index (χ0v) is 14.4. The number of rotatable bonds is 6. The molecule has 0 aromatic heterocycles. The first-order chi connectivity index (χ1) is 11.3. The minimum atomic E-state index is -0.0406. The highest BCUT2D eigenvalue weighted by Gasteiger charge is 2.39. The summed E-state index contributed by atoms with van der Waals surface area (Å²) in [6.45, 7) is 1.16. The highest BCUT2D eigenvalue weighted by Crippen LogP contribution is 2.41. The van der Waals surface area contributed by atoms with Gasteiger partial charge in [-0.15, -0.1) is 12.4 Å². The third kappa shape index (κ3) is 4.16. The van der Waals surface area contributed by atoms with Gasteiger partial charge in [0, 0.05) is 23.2 Å². The van der Waals surface area contributed by atoms with Gasteiger partial charge in [-0.1, -0.05) is 30.3 Å². The lowest BCUT2D eigenvalue weighted by Crippen LogP contribution is -2.20. The summed E-state index contributed by atoms with van der Waals surface area (Å²) in [5.41, 5.74) is 2.84. The zero-order valence-electron chi connectivity index (χ0n) is 13.6. The fraction of sp³-hybridized carbons (Fsp3) is 0.350. The number of hydrogen-bond donors (Lipinski definition) is 2. The highest BCUT2D eigenvalue weighted by atomic mass is 35.5. The van der Waals surface area contributed by atoms with E-state index in [0.717, 1.165) is 23.7 Å². The fourth-order valence-corrected chi connectivity index (χ4v) is 3.06. The van der Waals surface area contributed by atoms with Crippen LogP contribution in [-0.4, -0.2) is 18.5 Å². The van der Waals surface area contributed by atoms with E-state index in [9.17, 15) is 4.79 Å². The minimum Gasteiger partial charge on any atom is -0.322 e. The highest BCUT2D eigenvalue weighted by molar-refractivity contribution is 6.04. The Balaban J connectivity index is 0.00000169. The Morgan fingerprint density at radius 2 is 1.83 bits per heavy atom. The van der Waals surface area contributed by atoms with E-state index < -0.39 is 0 Å². The Labute approximate surface area is 149 Å². The van der Waals surface area contributed by atoms with Crippen molar-refractivity contribution in [2.45, 2.75) is 31.2 Å². The molecule has 0 heterocycles. The summed E-state index contributed by atoms with van der Waals surface area (Å²) in [5, 5.41) is 6.60. The van der Waals surface area contributed by atoms with Gasteiger partial charge < -0.3 is 10.6 Å². The molecule has 2 atom stereocenters. The van der Waals surface area contributed by atoms with E-state index in [0.29, 0.717) is 12.0 Å². The number of halogens is 1. The smallest absolute Gasteiger partial charge is 0.255 e. The average molecular weight is 343 g/mol. The SMILES string of the molecule is Cl.O=C(Nc1ccccc1)c1cccc([C@@H]2C[C@H]2NCC2CC2)c1. The Kier molecular flexibility index (Phi) is 5.22. The molecule has 2 aromatic carbocycles. The van der Waals surface area contributed by atoms with Crippen LogP contribution in [0.5, 0.6) is 0 Å². The van der Waals surface area contributed by atoms with Crippen LogP contribution in [0.15, 0.2) is 54.6 Å². The van der Waals surface area contributed by atoms with E-state index in [2.05, 4.69) is 16.7 Å². The van der Waals surface area contributed by atoms with Crippen molar-refractivity contribution in [1.29, 1.82) is 0 Å². The first-order valence-corrected chi connectivity index (χ1v) is 8.49. The molecule has 0 saturated heterocycles. The monoisotopic (exact) mass is 342 g/mol. The second-order valence-corrected chi connectivity index (χ2v) is 6.75. The summed E-state index contributed by atoms with van der Waals surface area (Å²) < 4.78 is 0. The predicted molar refractivity (Wildman–Crippen MR) is 100.0 cm³/mol. The van der Waals surface area contributed by atoms with Crippen molar-refractivity contribution < 1.29 is 4.79 Å². The van der Waals surface area contributed by atoms with Crippen molar-refractivity contribution in [3.05, 3.63) is 65.7 Å². The van der Waals surface area contributed by atoms with Gasteiger partial charge in [-0.3, -0.25) is 4.79 Å². The third-order valence-electron chi connectivity index (χ3n) is 4.76. The van der Waals surface area contributed by atoms with Crippen molar-refractivity contribution in [2.75, 3.05) is 11.9 Å². The molecule has 2 aromatic rings. The van der Waals surface area contributed by atoms with E-state index in [4.69, 9.17) is 0 Å². The van der Waals surface area contributed by atoms with Gasteiger partial charge in [0.15, 0.2) is 0 Å². The van der Waals surface area contributed by atoms with Crippen LogP contribution in [0.1, 0.15) is 41.1 Å². The molecule has 2 fully saturated rings. The molecule has 2 aliphatic carbocycles. The number of hydrogen-bond acceptors (Lipinski definition) is 2. The number of carbonyl (C=O) groups excluding carboxylic acids is 1. The van der Waals surface area contributed by atoms with E-state index in [1.807, 2.05) is 48.5 Å². The van der Waals surface area contributed by atoms with Gasteiger partial charge in [0.05, 0.1) is 0 Å². The van der Waals surface area contributed by atoms with Gasteiger partial charge >= 0.3 is 0 Å². The maximum Gasteiger partial charge on any atom is 0.255 e. The van der Waals surface area contributed by atoms with E-state index in [1.165, 1.54) is 24.8 Å². The maximum atomic E-state index is 12.4. The van der Waals surface area contributed by atoms with Crippen LogP contribution in [0.4, 0.5) is 5.69 Å². The molecule has 0 spiro atoms. The van der Waals surface area contributed by atoms with Gasteiger partial charge in [0.1, 0.15) is 0 Å². The Hall–Kier alpha value is -1.84. The number of carbonyl (C=O) groups is 1. The van der Waals surface area contributed by atoms with Gasteiger partial charge in [0.25, 0.3) is 5.91 Å². The molecule has 4 heteroatoms. The van der Waals surface area contributed by atoms with Crippen LogP contribution in [0.3, 0.4) is 0 Å². The number of anilines is 1. The lowest BCUT2D eigenvalue weighted by atomic mass is 10.1. The molecule has 24 heavy (non-hydrogen) atoms. The summed E-state index contributed by atoms with van der Waals surface area (Å²) in [4.78, 5) is 12.4. The molecule has 3 nitrogen and oxygen atoms in total. The maximum absolute atomic E-state index is 12.4. The fourth-order valence-electron chi connectivity index (χ4n) is 3.06. The Bertz CT molecular complexity index is 700.